The highest BCUT2D eigenvalue weighted by Gasteiger charge is 2.26. The lowest BCUT2D eigenvalue weighted by Gasteiger charge is -2.29. The van der Waals surface area contributed by atoms with Crippen LogP contribution in [-0.2, 0) is 9.47 Å². The van der Waals surface area contributed by atoms with Crippen molar-refractivity contribution in [3.8, 4) is 16.9 Å². The van der Waals surface area contributed by atoms with Gasteiger partial charge in [-0.25, -0.2) is 8.78 Å². The summed E-state index contributed by atoms with van der Waals surface area (Å²) in [6.07, 6.45) is 4.46. The number of ether oxygens (including phenoxy) is 3. The van der Waals surface area contributed by atoms with E-state index in [0.717, 1.165) is 32.3 Å². The molecule has 2 atom stereocenters. The van der Waals surface area contributed by atoms with Gasteiger partial charge in [0.1, 0.15) is 5.82 Å². The van der Waals surface area contributed by atoms with E-state index in [1.165, 1.54) is 18.2 Å². The van der Waals surface area contributed by atoms with Crippen LogP contribution < -0.4 is 4.74 Å². The lowest BCUT2D eigenvalue weighted by molar-refractivity contribution is -0.0881. The van der Waals surface area contributed by atoms with Gasteiger partial charge in [-0.3, -0.25) is 0 Å². The van der Waals surface area contributed by atoms with Crippen molar-refractivity contribution in [3.63, 3.8) is 0 Å². The van der Waals surface area contributed by atoms with E-state index in [0.29, 0.717) is 18.6 Å². The summed E-state index contributed by atoms with van der Waals surface area (Å²) in [5, 5.41) is 0. The number of unbranched alkanes of at least 4 members (excludes halogenated alkanes) is 2. The van der Waals surface area contributed by atoms with E-state index in [2.05, 4.69) is 6.92 Å². The van der Waals surface area contributed by atoms with Crippen LogP contribution in [0.4, 0.5) is 13.2 Å². The largest absolute Gasteiger partial charge is 0.491 e. The van der Waals surface area contributed by atoms with E-state index in [1.807, 2.05) is 0 Å². The molecule has 6 heteroatoms. The van der Waals surface area contributed by atoms with E-state index in [1.54, 1.807) is 19.1 Å². The molecule has 0 bridgehead atoms. The Morgan fingerprint density at radius 3 is 2.50 bits per heavy atom. The molecule has 1 fully saturated rings. The van der Waals surface area contributed by atoms with Crippen molar-refractivity contribution < 1.29 is 27.4 Å². The highest BCUT2D eigenvalue weighted by atomic mass is 19.2. The molecule has 0 aromatic heterocycles. The van der Waals surface area contributed by atoms with Gasteiger partial charge in [-0.05, 0) is 49.9 Å². The Labute approximate surface area is 176 Å². The van der Waals surface area contributed by atoms with Crippen molar-refractivity contribution in [1.29, 1.82) is 0 Å². The fourth-order valence-electron chi connectivity index (χ4n) is 3.68. The molecule has 1 aliphatic rings. The molecule has 30 heavy (non-hydrogen) atoms. The first-order valence-electron chi connectivity index (χ1n) is 10.7. The van der Waals surface area contributed by atoms with Crippen LogP contribution in [-0.4, -0.2) is 25.9 Å². The van der Waals surface area contributed by atoms with Gasteiger partial charge >= 0.3 is 0 Å². The molecule has 0 N–H and O–H groups in total. The Morgan fingerprint density at radius 2 is 1.83 bits per heavy atom. The van der Waals surface area contributed by atoms with E-state index in [9.17, 15) is 13.2 Å². The van der Waals surface area contributed by atoms with Crippen LogP contribution in [0, 0.1) is 17.5 Å². The van der Waals surface area contributed by atoms with Crippen LogP contribution >= 0.6 is 0 Å². The van der Waals surface area contributed by atoms with Crippen molar-refractivity contribution in [2.45, 2.75) is 58.2 Å². The second kappa shape index (κ2) is 10.8. The van der Waals surface area contributed by atoms with Crippen LogP contribution in [0.2, 0.25) is 0 Å². The number of halogens is 3. The Morgan fingerprint density at radius 1 is 1.00 bits per heavy atom. The summed E-state index contributed by atoms with van der Waals surface area (Å²) >= 11 is 0. The molecule has 1 saturated heterocycles. The summed E-state index contributed by atoms with van der Waals surface area (Å²) in [5.41, 5.74) is 0.685. The highest BCUT2D eigenvalue weighted by Crippen LogP contribution is 2.35. The van der Waals surface area contributed by atoms with Gasteiger partial charge in [0.05, 0.1) is 25.4 Å². The zero-order chi connectivity index (χ0) is 21.5. The molecule has 2 unspecified atom stereocenters. The predicted octanol–water partition coefficient (Wildman–Crippen LogP) is 6.60. The molecule has 1 aliphatic heterocycles. The summed E-state index contributed by atoms with van der Waals surface area (Å²) in [7, 11) is 0. The van der Waals surface area contributed by atoms with Gasteiger partial charge < -0.3 is 14.2 Å². The normalized spacial score (nSPS) is 19.1. The number of rotatable bonds is 9. The van der Waals surface area contributed by atoms with Crippen molar-refractivity contribution in [3.05, 3.63) is 53.3 Å². The fourth-order valence-corrected chi connectivity index (χ4v) is 3.68. The van der Waals surface area contributed by atoms with Gasteiger partial charge in [-0.1, -0.05) is 31.9 Å². The second-order valence-electron chi connectivity index (χ2n) is 7.51. The molecule has 0 spiro atoms. The van der Waals surface area contributed by atoms with Crippen LogP contribution in [0.15, 0.2) is 30.3 Å². The molecule has 0 saturated carbocycles. The predicted molar refractivity (Wildman–Crippen MR) is 110 cm³/mol. The maximum absolute atomic E-state index is 14.8. The SMILES string of the molecule is CCCCCOC1CCC(c2ccc(-c3ccc(OCC)c(F)c3F)cc2F)OC1. The lowest BCUT2D eigenvalue weighted by Crippen LogP contribution is -2.28. The molecule has 1 heterocycles. The standard InChI is InChI=1S/C24H29F3O3/c1-3-5-6-13-29-17-8-11-21(30-15-17)19-9-7-16(14-20(19)25)18-10-12-22(28-4-2)24(27)23(18)26/h7,9-10,12,14,17,21H,3-6,8,11,13,15H2,1-2H3. The van der Waals surface area contributed by atoms with E-state index < -0.39 is 17.5 Å². The summed E-state index contributed by atoms with van der Waals surface area (Å²) in [4.78, 5) is 0. The van der Waals surface area contributed by atoms with Gasteiger partial charge in [0.25, 0.3) is 0 Å². The molecular weight excluding hydrogens is 393 g/mol. The van der Waals surface area contributed by atoms with E-state index in [4.69, 9.17) is 14.2 Å². The zero-order valence-corrected chi connectivity index (χ0v) is 17.6. The van der Waals surface area contributed by atoms with Crippen LogP contribution in [0.1, 0.15) is 57.6 Å². The second-order valence-corrected chi connectivity index (χ2v) is 7.51. The molecule has 3 nitrogen and oxygen atoms in total. The summed E-state index contributed by atoms with van der Waals surface area (Å²) in [6.45, 7) is 5.21. The van der Waals surface area contributed by atoms with Gasteiger partial charge in [0.2, 0.25) is 5.82 Å². The Hall–Kier alpha value is -2.05. The average molecular weight is 422 g/mol. The van der Waals surface area contributed by atoms with Gasteiger partial charge in [-0.15, -0.1) is 0 Å². The first-order chi connectivity index (χ1) is 14.5. The van der Waals surface area contributed by atoms with Crippen LogP contribution in [0.25, 0.3) is 11.1 Å². The first-order valence-corrected chi connectivity index (χ1v) is 10.7. The van der Waals surface area contributed by atoms with Gasteiger partial charge in [-0.2, -0.15) is 4.39 Å². The topological polar surface area (TPSA) is 27.7 Å². The molecule has 3 rings (SSSR count). The Bertz CT molecular complexity index is 833. The number of hydrogen-bond acceptors (Lipinski definition) is 3. The molecule has 164 valence electrons. The first kappa shape index (κ1) is 22.6. The Kier molecular flexibility index (Phi) is 8.16. The minimum Gasteiger partial charge on any atom is -0.491 e. The third kappa shape index (κ3) is 5.35. The average Bonchev–Trinajstić information content (AvgIpc) is 2.75. The molecule has 0 radical (unpaired) electrons. The number of benzene rings is 2. The highest BCUT2D eigenvalue weighted by molar-refractivity contribution is 5.66. The fraction of sp³-hybridized carbons (Fsp3) is 0.500. The minimum absolute atomic E-state index is 0.00786. The number of hydrogen-bond donors (Lipinski definition) is 0. The maximum atomic E-state index is 14.8. The quantitative estimate of drug-likeness (QED) is 0.426. The Balaban J connectivity index is 1.66. The van der Waals surface area contributed by atoms with E-state index in [-0.39, 0.29) is 35.7 Å². The summed E-state index contributed by atoms with van der Waals surface area (Å²) in [5.74, 6) is -2.77. The van der Waals surface area contributed by atoms with Crippen LogP contribution in [0.5, 0.6) is 5.75 Å². The van der Waals surface area contributed by atoms with Gasteiger partial charge in [0.15, 0.2) is 11.6 Å². The minimum atomic E-state index is -1.07. The third-order valence-electron chi connectivity index (χ3n) is 5.34. The molecule has 2 aromatic rings. The molecule has 0 aliphatic carbocycles. The monoisotopic (exact) mass is 422 g/mol. The lowest BCUT2D eigenvalue weighted by atomic mass is 9.96. The van der Waals surface area contributed by atoms with Crippen molar-refractivity contribution in [2.24, 2.45) is 0 Å². The van der Waals surface area contributed by atoms with Crippen molar-refractivity contribution in [1.82, 2.24) is 0 Å². The molecular formula is C24H29F3O3. The van der Waals surface area contributed by atoms with Crippen LogP contribution in [0.3, 0.4) is 0 Å². The summed E-state index contributed by atoms with van der Waals surface area (Å²) < 4.78 is 60.1. The van der Waals surface area contributed by atoms with E-state index >= 15 is 0 Å². The third-order valence-corrected chi connectivity index (χ3v) is 5.34. The maximum Gasteiger partial charge on any atom is 0.201 e. The smallest absolute Gasteiger partial charge is 0.201 e. The summed E-state index contributed by atoms with van der Waals surface area (Å²) in [6, 6.07) is 7.16. The van der Waals surface area contributed by atoms with Crippen molar-refractivity contribution in [2.75, 3.05) is 19.8 Å². The molecule has 2 aromatic carbocycles. The van der Waals surface area contributed by atoms with Crippen molar-refractivity contribution >= 4 is 0 Å². The molecule has 0 amide bonds. The zero-order valence-electron chi connectivity index (χ0n) is 17.6. The van der Waals surface area contributed by atoms with Gasteiger partial charge in [0, 0.05) is 17.7 Å².